The Hall–Kier alpha value is 0.270. The first-order valence-electron chi connectivity index (χ1n) is 6.58. The molecule has 0 aromatic heterocycles. The summed E-state index contributed by atoms with van der Waals surface area (Å²) in [6.07, 6.45) is 7.76. The quantitative estimate of drug-likeness (QED) is 0.547. The van der Waals surface area contributed by atoms with E-state index in [1.165, 1.54) is 51.6 Å². The van der Waals surface area contributed by atoms with Crippen molar-refractivity contribution in [3.63, 3.8) is 0 Å². The van der Waals surface area contributed by atoms with Gasteiger partial charge in [0.1, 0.15) is 0 Å². The van der Waals surface area contributed by atoms with Gasteiger partial charge in [-0.15, -0.1) is 0 Å². The van der Waals surface area contributed by atoms with E-state index >= 15 is 0 Å². The van der Waals surface area contributed by atoms with E-state index in [-0.39, 0.29) is 5.60 Å². The molecule has 0 N–H and O–H groups in total. The van der Waals surface area contributed by atoms with Gasteiger partial charge in [0.15, 0.2) is 0 Å². The van der Waals surface area contributed by atoms with Crippen molar-refractivity contribution in [3.8, 4) is 0 Å². The zero-order valence-electron chi connectivity index (χ0n) is 10.9. The van der Waals surface area contributed by atoms with Gasteiger partial charge in [0.2, 0.25) is 0 Å². The molecule has 1 aliphatic heterocycles. The van der Waals surface area contributed by atoms with Gasteiger partial charge in [0, 0.05) is 13.7 Å². The second-order valence-corrected chi connectivity index (χ2v) is 5.62. The average Bonchev–Trinajstić information content (AvgIpc) is 2.29. The van der Waals surface area contributed by atoms with Crippen LogP contribution in [0.5, 0.6) is 0 Å². The number of nitrogens with zero attached hydrogens (tertiary/aromatic N) is 1. The third-order valence-electron chi connectivity index (χ3n) is 3.61. The van der Waals surface area contributed by atoms with Crippen molar-refractivity contribution < 1.29 is 4.74 Å². The molecule has 3 heteroatoms. The van der Waals surface area contributed by atoms with Crippen LogP contribution >= 0.6 is 12.6 Å². The normalized spacial score (nSPS) is 27.2. The van der Waals surface area contributed by atoms with Gasteiger partial charge >= 0.3 is 0 Å². The van der Waals surface area contributed by atoms with Gasteiger partial charge in [-0.2, -0.15) is 12.6 Å². The van der Waals surface area contributed by atoms with Crippen molar-refractivity contribution in [1.82, 2.24) is 4.90 Å². The molecule has 0 radical (unpaired) electrons. The van der Waals surface area contributed by atoms with Gasteiger partial charge in [0.05, 0.1) is 5.60 Å². The summed E-state index contributed by atoms with van der Waals surface area (Å²) in [4.78, 5) is 2.56. The number of hydrogen-bond donors (Lipinski definition) is 1. The lowest BCUT2D eigenvalue weighted by Gasteiger charge is -2.39. The Morgan fingerprint density at radius 2 is 2.00 bits per heavy atom. The third kappa shape index (κ3) is 5.07. The minimum atomic E-state index is 0.101. The summed E-state index contributed by atoms with van der Waals surface area (Å²) in [7, 11) is 1.84. The van der Waals surface area contributed by atoms with Crippen LogP contribution in [0, 0.1) is 0 Å². The van der Waals surface area contributed by atoms with Gasteiger partial charge < -0.3 is 9.64 Å². The second-order valence-electron chi connectivity index (χ2n) is 5.17. The fourth-order valence-corrected chi connectivity index (χ4v) is 2.69. The first-order valence-corrected chi connectivity index (χ1v) is 7.22. The lowest BCUT2D eigenvalue weighted by Crippen LogP contribution is -2.47. The van der Waals surface area contributed by atoms with Gasteiger partial charge in [-0.3, -0.25) is 0 Å². The number of likely N-dealkylation sites (tertiary alicyclic amines) is 1. The summed E-state index contributed by atoms with van der Waals surface area (Å²) < 4.78 is 5.60. The summed E-state index contributed by atoms with van der Waals surface area (Å²) >= 11 is 4.23. The summed E-state index contributed by atoms with van der Waals surface area (Å²) in [6, 6.07) is 0. The number of unbranched alkanes of at least 4 members (excludes halogenated alkanes) is 3. The Morgan fingerprint density at radius 1 is 1.25 bits per heavy atom. The molecule has 0 saturated carbocycles. The van der Waals surface area contributed by atoms with Crippen LogP contribution in [0.1, 0.15) is 45.4 Å². The van der Waals surface area contributed by atoms with E-state index in [9.17, 15) is 0 Å². The van der Waals surface area contributed by atoms with E-state index in [0.29, 0.717) is 0 Å². The van der Waals surface area contributed by atoms with Crippen LogP contribution in [0.4, 0.5) is 0 Å². The number of hydrogen-bond acceptors (Lipinski definition) is 3. The fourth-order valence-electron chi connectivity index (χ4n) is 2.47. The van der Waals surface area contributed by atoms with Crippen LogP contribution in [-0.4, -0.2) is 43.0 Å². The number of rotatable bonds is 7. The van der Waals surface area contributed by atoms with Crippen molar-refractivity contribution in [1.29, 1.82) is 0 Å². The molecule has 0 aromatic carbocycles. The largest absolute Gasteiger partial charge is 0.377 e. The van der Waals surface area contributed by atoms with Crippen molar-refractivity contribution in [2.75, 3.05) is 32.5 Å². The molecule has 0 amide bonds. The maximum Gasteiger partial charge on any atom is 0.0777 e. The Morgan fingerprint density at radius 3 is 2.69 bits per heavy atom. The van der Waals surface area contributed by atoms with Crippen LogP contribution < -0.4 is 0 Å². The lowest BCUT2D eigenvalue weighted by atomic mass is 9.94. The summed E-state index contributed by atoms with van der Waals surface area (Å²) in [5.74, 6) is 1.03. The highest BCUT2D eigenvalue weighted by Gasteiger charge is 2.30. The monoisotopic (exact) mass is 245 g/mol. The van der Waals surface area contributed by atoms with Gasteiger partial charge in [-0.25, -0.2) is 0 Å². The van der Waals surface area contributed by atoms with E-state index in [4.69, 9.17) is 4.74 Å². The molecule has 16 heavy (non-hydrogen) atoms. The van der Waals surface area contributed by atoms with E-state index < -0.39 is 0 Å². The second kappa shape index (κ2) is 7.57. The SMILES string of the molecule is COC1(C)CCCN(CCCCCCS)C1. The number of methoxy groups -OCH3 is 1. The molecule has 1 aliphatic rings. The van der Waals surface area contributed by atoms with Crippen molar-refractivity contribution in [3.05, 3.63) is 0 Å². The molecule has 0 aromatic rings. The molecule has 1 unspecified atom stereocenters. The highest BCUT2D eigenvalue weighted by atomic mass is 32.1. The van der Waals surface area contributed by atoms with Crippen molar-refractivity contribution in [2.24, 2.45) is 0 Å². The Bertz CT molecular complexity index is 189. The molecule has 1 rings (SSSR count). The van der Waals surface area contributed by atoms with Gasteiger partial charge in [-0.1, -0.05) is 12.8 Å². The van der Waals surface area contributed by atoms with Crippen molar-refractivity contribution >= 4 is 12.6 Å². The number of piperidine rings is 1. The van der Waals surface area contributed by atoms with Crippen LogP contribution in [0.2, 0.25) is 0 Å². The summed E-state index contributed by atoms with van der Waals surface area (Å²) in [5.41, 5.74) is 0.101. The number of thiol groups is 1. The fraction of sp³-hybridized carbons (Fsp3) is 1.00. The Balaban J connectivity index is 2.12. The smallest absolute Gasteiger partial charge is 0.0777 e. The highest BCUT2D eigenvalue weighted by molar-refractivity contribution is 7.80. The van der Waals surface area contributed by atoms with E-state index in [1.807, 2.05) is 7.11 Å². The molecular formula is C13H27NOS. The topological polar surface area (TPSA) is 12.5 Å². The molecule has 1 fully saturated rings. The lowest BCUT2D eigenvalue weighted by molar-refractivity contribution is -0.0508. The third-order valence-corrected chi connectivity index (χ3v) is 3.93. The zero-order valence-corrected chi connectivity index (χ0v) is 11.8. The van der Waals surface area contributed by atoms with E-state index in [1.54, 1.807) is 0 Å². The van der Waals surface area contributed by atoms with Gasteiger partial charge in [0.25, 0.3) is 0 Å². The van der Waals surface area contributed by atoms with Crippen LogP contribution in [0.15, 0.2) is 0 Å². The molecule has 1 atom stereocenters. The van der Waals surface area contributed by atoms with E-state index in [0.717, 1.165) is 12.3 Å². The minimum Gasteiger partial charge on any atom is -0.377 e. The first-order chi connectivity index (χ1) is 7.70. The maximum atomic E-state index is 5.60. The Kier molecular flexibility index (Phi) is 6.78. The van der Waals surface area contributed by atoms with Crippen molar-refractivity contribution in [2.45, 2.75) is 51.0 Å². The predicted octanol–water partition coefficient (Wildman–Crippen LogP) is 2.98. The van der Waals surface area contributed by atoms with Crippen LogP contribution in [0.3, 0.4) is 0 Å². The molecule has 0 aliphatic carbocycles. The molecule has 0 spiro atoms. The average molecular weight is 245 g/mol. The number of ether oxygens (including phenoxy) is 1. The molecular weight excluding hydrogens is 218 g/mol. The standard InChI is InChI=1S/C13H27NOS/c1-13(15-2)8-7-10-14(12-13)9-5-3-4-6-11-16/h16H,3-12H2,1-2H3. The Labute approximate surface area is 106 Å². The molecule has 2 nitrogen and oxygen atoms in total. The van der Waals surface area contributed by atoms with Gasteiger partial charge in [-0.05, 0) is 51.4 Å². The zero-order chi connectivity index (χ0) is 11.9. The highest BCUT2D eigenvalue weighted by Crippen LogP contribution is 2.23. The molecule has 96 valence electrons. The molecule has 1 saturated heterocycles. The first kappa shape index (κ1) is 14.3. The van der Waals surface area contributed by atoms with Crippen LogP contribution in [0.25, 0.3) is 0 Å². The van der Waals surface area contributed by atoms with Crippen LogP contribution in [-0.2, 0) is 4.74 Å². The summed E-state index contributed by atoms with van der Waals surface area (Å²) in [6.45, 7) is 5.84. The maximum absolute atomic E-state index is 5.60. The molecule has 1 heterocycles. The summed E-state index contributed by atoms with van der Waals surface area (Å²) in [5, 5.41) is 0. The van der Waals surface area contributed by atoms with E-state index in [2.05, 4.69) is 24.5 Å². The minimum absolute atomic E-state index is 0.101. The predicted molar refractivity (Wildman–Crippen MR) is 73.4 cm³/mol. The molecule has 0 bridgehead atoms.